The van der Waals surface area contributed by atoms with Crippen LogP contribution in [0.25, 0.3) is 0 Å². The summed E-state index contributed by atoms with van der Waals surface area (Å²) in [6, 6.07) is 0. The van der Waals surface area contributed by atoms with Gasteiger partial charge in [0.05, 0.1) is 5.41 Å². The van der Waals surface area contributed by atoms with Crippen molar-refractivity contribution in [3.05, 3.63) is 12.3 Å². The van der Waals surface area contributed by atoms with Crippen LogP contribution in [0, 0.1) is 5.41 Å². The van der Waals surface area contributed by atoms with Crippen LogP contribution in [0.2, 0.25) is 0 Å². The zero-order chi connectivity index (χ0) is 15.0. The molecule has 1 saturated heterocycles. The van der Waals surface area contributed by atoms with E-state index in [-0.39, 0.29) is 5.91 Å². The topological polar surface area (TPSA) is 49.9 Å². The highest BCUT2D eigenvalue weighted by atomic mass is 16.6. The number of nitrogens with zero attached hydrogens (tertiary/aromatic N) is 2. The minimum absolute atomic E-state index is 0.109. The standard InChI is InChI=1S/C15H24N2O3/c1-14(2,3)20-13(19)17-10-7-15(4,11-17)12(18)16-8-5-6-9-16/h7,10H,5-6,8-9,11H2,1-4H3/t15-/m0/s1. The van der Waals surface area contributed by atoms with Gasteiger partial charge in [0, 0.05) is 25.8 Å². The van der Waals surface area contributed by atoms with Gasteiger partial charge in [0.25, 0.3) is 0 Å². The molecule has 1 fully saturated rings. The Kier molecular flexibility index (Phi) is 3.80. The van der Waals surface area contributed by atoms with Crippen molar-refractivity contribution in [1.29, 1.82) is 0 Å². The highest BCUT2D eigenvalue weighted by molar-refractivity contribution is 5.86. The number of carbonyl (C=O) groups is 2. The first kappa shape index (κ1) is 14.9. The summed E-state index contributed by atoms with van der Waals surface area (Å²) in [5.74, 6) is 0.109. The van der Waals surface area contributed by atoms with Gasteiger partial charge in [-0.1, -0.05) is 6.08 Å². The van der Waals surface area contributed by atoms with Crippen LogP contribution < -0.4 is 0 Å². The second-order valence-corrected chi connectivity index (χ2v) is 6.84. The van der Waals surface area contributed by atoms with Crippen molar-refractivity contribution in [3.63, 3.8) is 0 Å². The molecule has 0 saturated carbocycles. The zero-order valence-corrected chi connectivity index (χ0v) is 12.8. The van der Waals surface area contributed by atoms with Crippen LogP contribution in [0.3, 0.4) is 0 Å². The van der Waals surface area contributed by atoms with Gasteiger partial charge in [-0.25, -0.2) is 4.79 Å². The van der Waals surface area contributed by atoms with Crippen LogP contribution in [0.4, 0.5) is 4.79 Å². The molecule has 0 aromatic carbocycles. The largest absolute Gasteiger partial charge is 0.443 e. The third kappa shape index (κ3) is 3.14. The lowest BCUT2D eigenvalue weighted by atomic mass is 9.90. The maximum absolute atomic E-state index is 12.5. The van der Waals surface area contributed by atoms with Crippen LogP contribution in [0.5, 0.6) is 0 Å². The van der Waals surface area contributed by atoms with Crippen LogP contribution in [0.15, 0.2) is 12.3 Å². The first-order valence-electron chi connectivity index (χ1n) is 7.20. The molecule has 5 nitrogen and oxygen atoms in total. The molecule has 20 heavy (non-hydrogen) atoms. The quantitative estimate of drug-likeness (QED) is 0.741. The molecule has 2 rings (SSSR count). The molecule has 0 unspecified atom stereocenters. The summed E-state index contributed by atoms with van der Waals surface area (Å²) in [7, 11) is 0. The monoisotopic (exact) mass is 280 g/mol. The molecule has 0 aliphatic carbocycles. The summed E-state index contributed by atoms with van der Waals surface area (Å²) in [6.07, 6.45) is 5.23. The maximum Gasteiger partial charge on any atom is 0.414 e. The fraction of sp³-hybridized carbons (Fsp3) is 0.733. The van der Waals surface area contributed by atoms with Gasteiger partial charge in [0.15, 0.2) is 0 Å². The fourth-order valence-corrected chi connectivity index (χ4v) is 2.58. The lowest BCUT2D eigenvalue weighted by molar-refractivity contribution is -0.137. The van der Waals surface area contributed by atoms with Crippen LogP contribution in [-0.4, -0.2) is 47.0 Å². The number of hydrogen-bond donors (Lipinski definition) is 0. The number of likely N-dealkylation sites (tertiary alicyclic amines) is 1. The number of ether oxygens (including phenoxy) is 1. The lowest BCUT2D eigenvalue weighted by Crippen LogP contribution is -2.44. The molecule has 5 heteroatoms. The molecular weight excluding hydrogens is 256 g/mol. The van der Waals surface area contributed by atoms with Crippen molar-refractivity contribution >= 4 is 12.0 Å². The Morgan fingerprint density at radius 2 is 1.80 bits per heavy atom. The fourth-order valence-electron chi connectivity index (χ4n) is 2.58. The molecule has 2 aliphatic heterocycles. The first-order chi connectivity index (χ1) is 9.21. The summed E-state index contributed by atoms with van der Waals surface area (Å²) >= 11 is 0. The van der Waals surface area contributed by atoms with E-state index >= 15 is 0 Å². The average molecular weight is 280 g/mol. The van der Waals surface area contributed by atoms with Crippen molar-refractivity contribution in [2.45, 2.75) is 46.1 Å². The molecule has 2 heterocycles. The molecule has 112 valence electrons. The second kappa shape index (κ2) is 5.11. The molecule has 1 atom stereocenters. The summed E-state index contributed by atoms with van der Waals surface area (Å²) < 4.78 is 5.33. The smallest absolute Gasteiger partial charge is 0.414 e. The molecule has 0 aromatic rings. The van der Waals surface area contributed by atoms with E-state index in [4.69, 9.17) is 4.74 Å². The van der Waals surface area contributed by atoms with Gasteiger partial charge in [0.1, 0.15) is 5.60 Å². The summed E-state index contributed by atoms with van der Waals surface area (Å²) in [6.45, 7) is 9.40. The minimum Gasteiger partial charge on any atom is -0.443 e. The molecule has 0 aromatic heterocycles. The van der Waals surface area contributed by atoms with Crippen molar-refractivity contribution in [2.24, 2.45) is 5.41 Å². The van der Waals surface area contributed by atoms with Crippen molar-refractivity contribution in [1.82, 2.24) is 9.80 Å². The van der Waals surface area contributed by atoms with E-state index in [0.717, 1.165) is 25.9 Å². The van der Waals surface area contributed by atoms with E-state index in [1.807, 2.05) is 38.7 Å². The third-order valence-corrected chi connectivity index (χ3v) is 3.63. The van der Waals surface area contributed by atoms with Crippen molar-refractivity contribution < 1.29 is 14.3 Å². The van der Waals surface area contributed by atoms with Gasteiger partial charge in [-0.2, -0.15) is 0 Å². The Balaban J connectivity index is 1.99. The zero-order valence-electron chi connectivity index (χ0n) is 12.8. The summed E-state index contributed by atoms with van der Waals surface area (Å²) in [5, 5.41) is 0. The minimum atomic E-state index is -0.624. The summed E-state index contributed by atoms with van der Waals surface area (Å²) in [5.41, 5.74) is -1.15. The number of amides is 2. The molecule has 2 aliphatic rings. The van der Waals surface area contributed by atoms with E-state index in [2.05, 4.69) is 0 Å². The Morgan fingerprint density at radius 3 is 2.35 bits per heavy atom. The van der Waals surface area contributed by atoms with Gasteiger partial charge in [-0.15, -0.1) is 0 Å². The second-order valence-electron chi connectivity index (χ2n) is 6.84. The van der Waals surface area contributed by atoms with E-state index in [9.17, 15) is 9.59 Å². The number of rotatable bonds is 1. The van der Waals surface area contributed by atoms with Crippen molar-refractivity contribution in [3.8, 4) is 0 Å². The Labute approximate surface area is 120 Å². The van der Waals surface area contributed by atoms with E-state index in [1.54, 1.807) is 6.20 Å². The predicted molar refractivity (Wildman–Crippen MR) is 76.0 cm³/mol. The average Bonchev–Trinajstić information content (AvgIpc) is 2.95. The van der Waals surface area contributed by atoms with Gasteiger partial charge in [-0.3, -0.25) is 9.69 Å². The summed E-state index contributed by atoms with van der Waals surface area (Å²) in [4.78, 5) is 27.9. The van der Waals surface area contributed by atoms with E-state index in [1.165, 1.54) is 4.90 Å². The Morgan fingerprint density at radius 1 is 1.20 bits per heavy atom. The SMILES string of the molecule is CC(C)(C)OC(=O)N1C=C[C@](C)(C(=O)N2CCCC2)C1. The first-order valence-corrected chi connectivity index (χ1v) is 7.20. The van der Waals surface area contributed by atoms with Gasteiger partial charge in [0.2, 0.25) is 5.91 Å². The lowest BCUT2D eigenvalue weighted by Gasteiger charge is -2.29. The highest BCUT2D eigenvalue weighted by Crippen LogP contribution is 2.31. The molecule has 0 N–H and O–H groups in total. The molecule has 0 spiro atoms. The predicted octanol–water partition coefficient (Wildman–Crippen LogP) is 2.38. The molecule has 0 radical (unpaired) electrons. The third-order valence-electron chi connectivity index (χ3n) is 3.63. The van der Waals surface area contributed by atoms with Gasteiger partial charge in [-0.05, 0) is 40.5 Å². The molecule has 2 amide bonds. The van der Waals surface area contributed by atoms with Crippen LogP contribution in [-0.2, 0) is 9.53 Å². The van der Waals surface area contributed by atoms with Crippen LogP contribution in [0.1, 0.15) is 40.5 Å². The van der Waals surface area contributed by atoms with Gasteiger partial charge < -0.3 is 9.64 Å². The maximum atomic E-state index is 12.5. The van der Waals surface area contributed by atoms with E-state index < -0.39 is 17.1 Å². The number of hydrogen-bond acceptors (Lipinski definition) is 3. The molecule has 0 bridgehead atoms. The Bertz CT molecular complexity index is 433. The highest BCUT2D eigenvalue weighted by Gasteiger charge is 2.42. The van der Waals surface area contributed by atoms with Crippen molar-refractivity contribution in [2.75, 3.05) is 19.6 Å². The van der Waals surface area contributed by atoms with E-state index in [0.29, 0.717) is 6.54 Å². The Hall–Kier alpha value is -1.52. The van der Waals surface area contributed by atoms with Crippen LogP contribution >= 0.6 is 0 Å². The number of carbonyl (C=O) groups excluding carboxylic acids is 2. The molecular formula is C15H24N2O3. The normalized spacial score (nSPS) is 26.2. The van der Waals surface area contributed by atoms with Gasteiger partial charge >= 0.3 is 6.09 Å².